The van der Waals surface area contributed by atoms with Crippen molar-refractivity contribution in [2.75, 3.05) is 6.54 Å². The molecule has 1 N–H and O–H groups in total. The van der Waals surface area contributed by atoms with Gasteiger partial charge in [0.1, 0.15) is 24.7 Å². The van der Waals surface area contributed by atoms with Crippen LogP contribution in [-0.2, 0) is 26.2 Å². The van der Waals surface area contributed by atoms with Gasteiger partial charge in [-0.15, -0.1) is 0 Å². The Morgan fingerprint density at radius 1 is 0.938 bits per heavy atom. The highest BCUT2D eigenvalue weighted by Gasteiger charge is 2.16. The molecule has 32 heavy (non-hydrogen) atoms. The topological polar surface area (TPSA) is 125 Å². The summed E-state index contributed by atoms with van der Waals surface area (Å²) in [5, 5.41) is 11.1. The molecule has 3 rings (SSSR count). The molecule has 0 atom stereocenters. The highest BCUT2D eigenvalue weighted by atomic mass is 35.5. The number of nitrogens with zero attached hydrogens (tertiary/aromatic N) is 1. The molecule has 0 aliphatic carbocycles. The monoisotopic (exact) mass is 476 g/mol. The molecule has 3 aromatic rings. The quantitative estimate of drug-likeness (QED) is 0.280. The van der Waals surface area contributed by atoms with Gasteiger partial charge in [0, 0.05) is 17.2 Å². The van der Waals surface area contributed by atoms with Crippen LogP contribution in [0.25, 0.3) is 0 Å². The third-order valence-corrected chi connectivity index (χ3v) is 5.81. The molecule has 0 radical (unpaired) electrons. The van der Waals surface area contributed by atoms with Crippen LogP contribution in [0.1, 0.15) is 5.56 Å². The Morgan fingerprint density at radius 2 is 1.50 bits per heavy atom. The van der Waals surface area contributed by atoms with E-state index in [1.165, 1.54) is 48.5 Å². The maximum atomic E-state index is 12.2. The van der Waals surface area contributed by atoms with Crippen molar-refractivity contribution in [2.24, 2.45) is 0 Å². The van der Waals surface area contributed by atoms with Crippen molar-refractivity contribution in [1.82, 2.24) is 4.72 Å². The van der Waals surface area contributed by atoms with E-state index in [-0.39, 0.29) is 17.2 Å². The number of hydrogen-bond acceptors (Lipinski definition) is 7. The minimum atomic E-state index is -3.86. The summed E-state index contributed by atoms with van der Waals surface area (Å²) in [5.74, 6) is 0.182. The van der Waals surface area contributed by atoms with Gasteiger partial charge in [-0.3, -0.25) is 14.9 Å². The van der Waals surface area contributed by atoms with E-state index < -0.39 is 27.5 Å². The predicted octanol–water partition coefficient (Wildman–Crippen LogP) is 4.06. The fourth-order valence-corrected chi connectivity index (χ4v) is 3.59. The zero-order chi connectivity index (χ0) is 23.1. The zero-order valence-electron chi connectivity index (χ0n) is 16.4. The number of benzene rings is 3. The van der Waals surface area contributed by atoms with Gasteiger partial charge in [-0.2, -0.15) is 4.72 Å². The van der Waals surface area contributed by atoms with E-state index >= 15 is 0 Å². The van der Waals surface area contributed by atoms with Gasteiger partial charge in [0.05, 0.1) is 9.82 Å². The Morgan fingerprint density at radius 3 is 2.06 bits per heavy atom. The second-order valence-electron chi connectivity index (χ2n) is 6.44. The SMILES string of the molecule is O=C(CNS(=O)(=O)c1ccc(Cl)cc1)OCc1ccc(Oc2ccc([N+](=O)[O-])cc2)cc1. The standard InChI is InChI=1S/C21H17ClN2O7S/c22-16-3-11-20(12-4-16)32(28,29)23-13-21(25)30-14-15-1-7-18(8-2-15)31-19-9-5-17(6-10-19)24(26)27/h1-12,23H,13-14H2. The number of carbonyl (C=O) groups is 1. The van der Waals surface area contributed by atoms with E-state index in [2.05, 4.69) is 4.72 Å². The number of carbonyl (C=O) groups excluding carboxylic acids is 1. The summed E-state index contributed by atoms with van der Waals surface area (Å²) in [5.41, 5.74) is 0.625. The Balaban J connectivity index is 1.47. The smallest absolute Gasteiger partial charge is 0.321 e. The number of esters is 1. The van der Waals surface area contributed by atoms with E-state index in [0.29, 0.717) is 22.1 Å². The first-order valence-electron chi connectivity index (χ1n) is 9.15. The molecule has 0 fully saturated rings. The predicted molar refractivity (Wildman–Crippen MR) is 116 cm³/mol. The van der Waals surface area contributed by atoms with Gasteiger partial charge in [0.25, 0.3) is 5.69 Å². The fraction of sp³-hybridized carbons (Fsp3) is 0.0952. The first-order valence-corrected chi connectivity index (χ1v) is 11.0. The average Bonchev–Trinajstić information content (AvgIpc) is 2.78. The molecule has 3 aromatic carbocycles. The number of non-ortho nitro benzene ring substituents is 1. The van der Waals surface area contributed by atoms with Crippen molar-refractivity contribution in [2.45, 2.75) is 11.5 Å². The van der Waals surface area contributed by atoms with Crippen molar-refractivity contribution in [3.05, 3.63) is 93.5 Å². The molecule has 0 aliphatic heterocycles. The van der Waals surface area contributed by atoms with Crippen molar-refractivity contribution < 1.29 is 27.6 Å². The van der Waals surface area contributed by atoms with Gasteiger partial charge in [-0.05, 0) is 54.1 Å². The maximum absolute atomic E-state index is 12.2. The van der Waals surface area contributed by atoms with E-state index in [0.717, 1.165) is 0 Å². The molecule has 11 heteroatoms. The fourth-order valence-electron chi connectivity index (χ4n) is 2.49. The first kappa shape index (κ1) is 23.2. The van der Waals surface area contributed by atoms with Crippen LogP contribution < -0.4 is 9.46 Å². The third-order valence-electron chi connectivity index (χ3n) is 4.14. The van der Waals surface area contributed by atoms with Crippen LogP contribution in [0, 0.1) is 10.1 Å². The summed E-state index contributed by atoms with van der Waals surface area (Å²) in [6.07, 6.45) is 0. The Hall–Kier alpha value is -3.47. The van der Waals surface area contributed by atoms with Crippen molar-refractivity contribution in [1.29, 1.82) is 0 Å². The number of ether oxygens (including phenoxy) is 2. The van der Waals surface area contributed by atoms with Gasteiger partial charge in [0.15, 0.2) is 0 Å². The Kier molecular flexibility index (Phi) is 7.41. The lowest BCUT2D eigenvalue weighted by Crippen LogP contribution is -2.30. The number of nitrogens with one attached hydrogen (secondary N) is 1. The molecule has 0 saturated carbocycles. The van der Waals surface area contributed by atoms with Gasteiger partial charge < -0.3 is 9.47 Å². The summed E-state index contributed by atoms with van der Waals surface area (Å²) in [7, 11) is -3.86. The number of nitro benzene ring substituents is 1. The summed E-state index contributed by atoms with van der Waals surface area (Å²) in [6.45, 7) is -0.578. The first-order chi connectivity index (χ1) is 15.2. The number of halogens is 1. The molecule has 0 spiro atoms. The molecule has 0 aromatic heterocycles. The van der Waals surface area contributed by atoms with E-state index in [1.807, 2.05) is 0 Å². The number of rotatable bonds is 9. The molecular formula is C21H17ClN2O7S. The van der Waals surface area contributed by atoms with Gasteiger partial charge in [-0.1, -0.05) is 23.7 Å². The Bertz CT molecular complexity index is 1200. The minimum Gasteiger partial charge on any atom is -0.460 e. The van der Waals surface area contributed by atoms with Crippen LogP contribution in [0.15, 0.2) is 77.7 Å². The molecular weight excluding hydrogens is 460 g/mol. The van der Waals surface area contributed by atoms with Crippen LogP contribution in [0.2, 0.25) is 5.02 Å². The second kappa shape index (κ2) is 10.2. The third kappa shape index (κ3) is 6.51. The summed E-state index contributed by atoms with van der Waals surface area (Å²) in [4.78, 5) is 22.1. The van der Waals surface area contributed by atoms with Crippen LogP contribution in [0.4, 0.5) is 5.69 Å². The van der Waals surface area contributed by atoms with Gasteiger partial charge in [0.2, 0.25) is 10.0 Å². The number of nitro groups is 1. The van der Waals surface area contributed by atoms with Crippen LogP contribution in [0.3, 0.4) is 0 Å². The molecule has 9 nitrogen and oxygen atoms in total. The molecule has 0 saturated heterocycles. The zero-order valence-corrected chi connectivity index (χ0v) is 18.0. The Labute approximate surface area is 188 Å². The van der Waals surface area contributed by atoms with Crippen molar-refractivity contribution in [3.8, 4) is 11.5 Å². The lowest BCUT2D eigenvalue weighted by molar-refractivity contribution is -0.384. The van der Waals surface area contributed by atoms with E-state index in [4.69, 9.17) is 21.1 Å². The second-order valence-corrected chi connectivity index (χ2v) is 8.64. The molecule has 0 aliphatic rings. The van der Waals surface area contributed by atoms with Crippen molar-refractivity contribution in [3.63, 3.8) is 0 Å². The average molecular weight is 477 g/mol. The highest BCUT2D eigenvalue weighted by molar-refractivity contribution is 7.89. The van der Waals surface area contributed by atoms with Gasteiger partial charge >= 0.3 is 5.97 Å². The minimum absolute atomic E-state index is 0.0155. The van der Waals surface area contributed by atoms with Crippen LogP contribution >= 0.6 is 11.6 Å². The maximum Gasteiger partial charge on any atom is 0.321 e. The molecule has 166 valence electrons. The van der Waals surface area contributed by atoms with E-state index in [9.17, 15) is 23.3 Å². The highest BCUT2D eigenvalue weighted by Crippen LogP contribution is 2.24. The molecule has 0 bridgehead atoms. The van der Waals surface area contributed by atoms with Crippen LogP contribution in [0.5, 0.6) is 11.5 Å². The molecule has 0 unspecified atom stereocenters. The summed E-state index contributed by atoms with van der Waals surface area (Å²) < 4.78 is 37.2. The normalized spacial score (nSPS) is 11.0. The van der Waals surface area contributed by atoms with Crippen molar-refractivity contribution >= 4 is 33.3 Å². The molecule has 0 amide bonds. The lowest BCUT2D eigenvalue weighted by Gasteiger charge is -2.09. The number of sulfonamides is 1. The number of hydrogen-bond donors (Lipinski definition) is 1. The van der Waals surface area contributed by atoms with Gasteiger partial charge in [-0.25, -0.2) is 8.42 Å². The largest absolute Gasteiger partial charge is 0.460 e. The van der Waals surface area contributed by atoms with E-state index in [1.54, 1.807) is 24.3 Å². The van der Waals surface area contributed by atoms with Crippen LogP contribution in [-0.4, -0.2) is 25.9 Å². The molecule has 0 heterocycles. The summed E-state index contributed by atoms with van der Waals surface area (Å²) in [6, 6.07) is 17.8. The lowest BCUT2D eigenvalue weighted by atomic mass is 10.2. The summed E-state index contributed by atoms with van der Waals surface area (Å²) >= 11 is 5.74.